The molecule has 2 heterocycles. The molecule has 11 heteroatoms. The quantitative estimate of drug-likeness (QED) is 0.341. The van der Waals surface area contributed by atoms with E-state index >= 15 is 0 Å². The lowest BCUT2D eigenvalue weighted by Crippen LogP contribution is -2.06. The Morgan fingerprint density at radius 2 is 1.89 bits per heavy atom. The van der Waals surface area contributed by atoms with Gasteiger partial charge in [0.1, 0.15) is 12.0 Å². The first-order valence-electron chi connectivity index (χ1n) is 12.4. The van der Waals surface area contributed by atoms with Gasteiger partial charge in [-0.1, -0.05) is 52.2 Å². The molecule has 1 atom stereocenters. The Kier molecular flexibility index (Phi) is 14.4. The first-order chi connectivity index (χ1) is 17.6. The highest BCUT2D eigenvalue weighted by molar-refractivity contribution is 5.53. The number of carbonyl (C=O) groups is 1. The lowest BCUT2D eigenvalue weighted by Gasteiger charge is -2.08. The first-order valence-corrected chi connectivity index (χ1v) is 12.4. The predicted octanol–water partition coefficient (Wildman–Crippen LogP) is 5.42. The summed E-state index contributed by atoms with van der Waals surface area (Å²) < 4.78 is 40.2. The lowest BCUT2D eigenvalue weighted by molar-refractivity contribution is -0.130. The van der Waals surface area contributed by atoms with Crippen molar-refractivity contribution in [2.45, 2.75) is 72.5 Å². The highest BCUT2D eigenvalue weighted by atomic mass is 19.4. The monoisotopic (exact) mass is 524 g/mol. The molecule has 3 rings (SSSR count). The summed E-state index contributed by atoms with van der Waals surface area (Å²) in [5.74, 6) is 1.76. The van der Waals surface area contributed by atoms with Gasteiger partial charge in [0.15, 0.2) is 0 Å². The number of rotatable bonds is 10. The zero-order chi connectivity index (χ0) is 27.8. The van der Waals surface area contributed by atoms with Crippen molar-refractivity contribution in [3.05, 3.63) is 47.5 Å². The summed E-state index contributed by atoms with van der Waals surface area (Å²) in [5, 5.41) is 16.4. The SMILES string of the molecule is CCC(F)(F)F.CCCCC(C)Cc1nnc(-c2cc(C)nn2-c2cccc(CNC)c2)o1.NCC=O. The highest BCUT2D eigenvalue weighted by Crippen LogP contribution is 2.25. The Labute approximate surface area is 216 Å². The number of nitrogens with two attached hydrogens (primary N) is 1. The van der Waals surface area contributed by atoms with Crippen molar-refractivity contribution in [2.75, 3.05) is 13.6 Å². The summed E-state index contributed by atoms with van der Waals surface area (Å²) in [4.78, 5) is 9.05. The molecular formula is C26H39F3N6O2. The van der Waals surface area contributed by atoms with Gasteiger partial charge in [0, 0.05) is 25.9 Å². The van der Waals surface area contributed by atoms with Crippen LogP contribution in [0.3, 0.4) is 0 Å². The third-order valence-corrected chi connectivity index (χ3v) is 5.12. The smallest absolute Gasteiger partial charge is 0.388 e. The van der Waals surface area contributed by atoms with E-state index in [2.05, 4.69) is 52.3 Å². The number of carbonyl (C=O) groups excluding carboxylic acids is 1. The predicted molar refractivity (Wildman–Crippen MR) is 138 cm³/mol. The maximum absolute atomic E-state index is 10.8. The maximum atomic E-state index is 10.8. The standard InChI is InChI=1S/C21H29N5O.C3H5F3.C2H5NO/c1-5-6-8-15(2)11-20-23-24-21(27-20)19-12-16(3)25-26(19)18-10-7-9-17(13-18)14-22-4;1-2-3(4,5)6;3-1-2-4/h7,9-10,12-13,15,22H,5-6,8,11,14H2,1-4H3;2H2,1H3;2H,1,3H2. The molecule has 0 bridgehead atoms. The molecule has 0 fully saturated rings. The van der Waals surface area contributed by atoms with Crippen molar-refractivity contribution >= 4 is 6.29 Å². The van der Waals surface area contributed by atoms with Crippen LogP contribution in [-0.2, 0) is 17.8 Å². The van der Waals surface area contributed by atoms with Crippen LogP contribution < -0.4 is 11.1 Å². The van der Waals surface area contributed by atoms with Gasteiger partial charge in [-0.25, -0.2) is 4.68 Å². The Morgan fingerprint density at radius 3 is 2.46 bits per heavy atom. The Bertz CT molecular complexity index is 1050. The zero-order valence-corrected chi connectivity index (χ0v) is 22.3. The van der Waals surface area contributed by atoms with Gasteiger partial charge in [-0.3, -0.25) is 0 Å². The molecule has 0 aliphatic rings. The van der Waals surface area contributed by atoms with Crippen molar-refractivity contribution in [2.24, 2.45) is 11.7 Å². The fourth-order valence-electron chi connectivity index (χ4n) is 3.24. The van der Waals surface area contributed by atoms with E-state index in [1.807, 2.05) is 36.9 Å². The number of aryl methyl sites for hydroxylation is 1. The van der Waals surface area contributed by atoms with Gasteiger partial charge in [0.2, 0.25) is 5.89 Å². The van der Waals surface area contributed by atoms with Crippen LogP contribution in [-0.4, -0.2) is 46.0 Å². The summed E-state index contributed by atoms with van der Waals surface area (Å²) in [6.45, 7) is 8.46. The van der Waals surface area contributed by atoms with Crippen LogP contribution in [0, 0.1) is 12.8 Å². The lowest BCUT2D eigenvalue weighted by atomic mass is 10.0. The van der Waals surface area contributed by atoms with Crippen LogP contribution in [0.5, 0.6) is 0 Å². The molecule has 1 aromatic carbocycles. The second-order valence-electron chi connectivity index (χ2n) is 8.61. The van der Waals surface area contributed by atoms with Crippen LogP contribution in [0.2, 0.25) is 0 Å². The normalized spacial score (nSPS) is 11.7. The Balaban J connectivity index is 0.000000583. The molecule has 2 aromatic heterocycles. The Hall–Kier alpha value is -3.05. The van der Waals surface area contributed by atoms with E-state index in [-0.39, 0.29) is 6.54 Å². The van der Waals surface area contributed by atoms with Crippen molar-refractivity contribution in [1.82, 2.24) is 25.3 Å². The zero-order valence-electron chi connectivity index (χ0n) is 22.3. The van der Waals surface area contributed by atoms with Gasteiger partial charge in [-0.05, 0) is 43.7 Å². The van der Waals surface area contributed by atoms with E-state index in [9.17, 15) is 13.2 Å². The molecule has 1 unspecified atom stereocenters. The number of aromatic nitrogens is 4. The topological polar surface area (TPSA) is 112 Å². The summed E-state index contributed by atoms with van der Waals surface area (Å²) in [6, 6.07) is 10.3. The molecule has 3 N–H and O–H groups in total. The van der Waals surface area contributed by atoms with Gasteiger partial charge in [0.05, 0.1) is 11.4 Å². The van der Waals surface area contributed by atoms with Crippen molar-refractivity contribution in [1.29, 1.82) is 0 Å². The molecule has 0 spiro atoms. The number of hydrogen-bond donors (Lipinski definition) is 2. The number of aldehydes is 1. The van der Waals surface area contributed by atoms with Gasteiger partial charge >= 0.3 is 6.18 Å². The molecule has 0 aliphatic carbocycles. The minimum atomic E-state index is -3.96. The number of unbranched alkanes of at least 4 members (excludes halogenated alkanes) is 1. The molecule has 0 aliphatic heterocycles. The molecule has 8 nitrogen and oxygen atoms in total. The van der Waals surface area contributed by atoms with Gasteiger partial charge in [-0.15, -0.1) is 10.2 Å². The van der Waals surface area contributed by atoms with Crippen molar-refractivity contribution in [3.63, 3.8) is 0 Å². The van der Waals surface area contributed by atoms with Crippen LogP contribution in [0.15, 0.2) is 34.7 Å². The van der Waals surface area contributed by atoms with Gasteiger partial charge < -0.3 is 20.3 Å². The van der Waals surface area contributed by atoms with E-state index in [0.29, 0.717) is 24.0 Å². The molecule has 0 amide bonds. The van der Waals surface area contributed by atoms with E-state index in [1.165, 1.54) is 24.8 Å². The van der Waals surface area contributed by atoms with E-state index in [4.69, 9.17) is 9.21 Å². The second kappa shape index (κ2) is 16.6. The summed E-state index contributed by atoms with van der Waals surface area (Å²) in [6.07, 6.45) is 0.413. The highest BCUT2D eigenvalue weighted by Gasteiger charge is 2.22. The van der Waals surface area contributed by atoms with Crippen LogP contribution in [0.25, 0.3) is 17.3 Å². The fraction of sp³-hybridized carbons (Fsp3) is 0.538. The molecule has 0 saturated carbocycles. The Morgan fingerprint density at radius 1 is 1.22 bits per heavy atom. The first kappa shape index (κ1) is 32.0. The maximum Gasteiger partial charge on any atom is 0.388 e. The average Bonchev–Trinajstić information content (AvgIpc) is 3.49. The minimum Gasteiger partial charge on any atom is -0.419 e. The number of alkyl halides is 3. The molecular weight excluding hydrogens is 485 g/mol. The number of nitrogens with one attached hydrogen (secondary N) is 1. The van der Waals surface area contributed by atoms with Crippen LogP contribution >= 0.6 is 0 Å². The van der Waals surface area contributed by atoms with E-state index < -0.39 is 12.6 Å². The van der Waals surface area contributed by atoms with Gasteiger partial charge in [0.25, 0.3) is 5.89 Å². The van der Waals surface area contributed by atoms with Crippen molar-refractivity contribution < 1.29 is 22.4 Å². The number of halogens is 3. The number of nitrogens with zero attached hydrogens (tertiary/aromatic N) is 4. The summed E-state index contributed by atoms with van der Waals surface area (Å²) in [7, 11) is 1.94. The third-order valence-electron chi connectivity index (χ3n) is 5.12. The summed E-state index contributed by atoms with van der Waals surface area (Å²) >= 11 is 0. The van der Waals surface area contributed by atoms with Gasteiger partial charge in [-0.2, -0.15) is 18.3 Å². The second-order valence-corrected chi connectivity index (χ2v) is 8.61. The number of hydrogen-bond acceptors (Lipinski definition) is 7. The summed E-state index contributed by atoms with van der Waals surface area (Å²) in [5.41, 5.74) is 8.59. The fourth-order valence-corrected chi connectivity index (χ4v) is 3.24. The third kappa shape index (κ3) is 12.2. The molecule has 37 heavy (non-hydrogen) atoms. The van der Waals surface area contributed by atoms with Crippen molar-refractivity contribution in [3.8, 4) is 17.3 Å². The number of benzene rings is 1. The largest absolute Gasteiger partial charge is 0.419 e. The molecule has 0 saturated heterocycles. The van der Waals surface area contributed by atoms with Crippen LogP contribution in [0.4, 0.5) is 13.2 Å². The van der Waals surface area contributed by atoms with Crippen LogP contribution in [0.1, 0.15) is 63.6 Å². The molecule has 206 valence electrons. The van der Waals surface area contributed by atoms with E-state index in [0.717, 1.165) is 37.0 Å². The molecule has 0 radical (unpaired) electrons. The van der Waals surface area contributed by atoms with E-state index in [1.54, 1.807) is 0 Å². The minimum absolute atomic E-state index is 0.139. The molecule has 3 aromatic rings. The average molecular weight is 525 g/mol.